The molecule has 8 heteroatoms. The average molecular weight is 556 g/mol. The zero-order valence-corrected chi connectivity index (χ0v) is 25.5. The molecule has 2 N–H and O–H groups in total. The molecule has 0 saturated carbocycles. The molecule has 1 fully saturated rings. The molecule has 3 heterocycles. The molecule has 0 aliphatic carbocycles. The minimum absolute atomic E-state index is 0.201. The SMILES string of the molecule is CC(C)(C)[Si](C)(C)n1cc(CCCCN2CCN(c3ccc4oc(C(N)=O)cc4c3)CC2)c2cc(C#N)ccc21. The van der Waals surface area contributed by atoms with Crippen molar-refractivity contribution in [3.05, 3.63) is 65.5 Å². The fraction of sp³-hybridized carbons (Fsp3) is 0.438. The van der Waals surface area contributed by atoms with Gasteiger partial charge in [-0.3, -0.25) is 9.69 Å². The number of benzene rings is 2. The number of aryl methyl sites for hydroxylation is 1. The molecular formula is C32H41N5O2Si. The standard InChI is InChI=1S/C32H41N5O2Si/c1-32(2,3)40(4,5)37-22-24(27-18-23(21-33)9-11-28(27)37)8-6-7-13-35-14-16-36(17-15-35)26-10-12-29-25(19-26)20-30(39-29)31(34)38/h9-12,18-20,22H,6-8,13-17H2,1-5H3,(H2,34,38). The molecule has 1 saturated heterocycles. The minimum atomic E-state index is -1.79. The lowest BCUT2D eigenvalue weighted by Gasteiger charge is -2.38. The number of unbranched alkanes of at least 4 members (excludes halogenated alkanes) is 1. The Morgan fingerprint density at radius 2 is 1.80 bits per heavy atom. The molecule has 7 nitrogen and oxygen atoms in total. The Kier molecular flexibility index (Phi) is 7.55. The third kappa shape index (κ3) is 5.41. The van der Waals surface area contributed by atoms with Crippen LogP contribution in [0.1, 0.15) is 55.3 Å². The summed E-state index contributed by atoms with van der Waals surface area (Å²) in [6, 6.07) is 16.3. The van der Waals surface area contributed by atoms with E-state index >= 15 is 0 Å². The predicted octanol–water partition coefficient (Wildman–Crippen LogP) is 6.36. The number of rotatable bonds is 8. The van der Waals surface area contributed by atoms with Gasteiger partial charge in [-0.2, -0.15) is 5.26 Å². The Hall–Kier alpha value is -3.54. The number of fused-ring (bicyclic) bond motifs is 2. The first-order valence-corrected chi connectivity index (χ1v) is 17.3. The molecule has 0 radical (unpaired) electrons. The third-order valence-electron chi connectivity index (χ3n) is 9.10. The Labute approximate surface area is 238 Å². The van der Waals surface area contributed by atoms with E-state index < -0.39 is 14.1 Å². The molecule has 2 aromatic carbocycles. The number of hydrogen-bond acceptors (Lipinski definition) is 5. The van der Waals surface area contributed by atoms with E-state index in [9.17, 15) is 10.1 Å². The molecule has 2 aromatic heterocycles. The number of primary amides is 1. The van der Waals surface area contributed by atoms with Crippen LogP contribution >= 0.6 is 0 Å². The summed E-state index contributed by atoms with van der Waals surface area (Å²) >= 11 is 0. The molecule has 0 atom stereocenters. The maximum Gasteiger partial charge on any atom is 0.284 e. The van der Waals surface area contributed by atoms with Gasteiger partial charge in [0.25, 0.3) is 5.91 Å². The minimum Gasteiger partial charge on any atom is -0.451 e. The molecule has 0 bridgehead atoms. The normalized spacial score (nSPS) is 15.2. The summed E-state index contributed by atoms with van der Waals surface area (Å²) in [5.74, 6) is -0.341. The number of nitrogens with two attached hydrogens (primary N) is 1. The molecule has 5 rings (SSSR count). The lowest BCUT2D eigenvalue weighted by atomic mass is 10.1. The van der Waals surface area contributed by atoms with Gasteiger partial charge in [0, 0.05) is 48.2 Å². The Bertz CT molecular complexity index is 1580. The van der Waals surface area contributed by atoms with Crippen molar-refractivity contribution in [3.8, 4) is 6.07 Å². The summed E-state index contributed by atoms with van der Waals surface area (Å²) in [5.41, 5.74) is 10.6. The van der Waals surface area contributed by atoms with Gasteiger partial charge < -0.3 is 19.3 Å². The number of carbonyl (C=O) groups is 1. The van der Waals surface area contributed by atoms with Crippen molar-refractivity contribution >= 4 is 41.7 Å². The molecular weight excluding hydrogens is 514 g/mol. The first kappa shape index (κ1) is 28.0. The van der Waals surface area contributed by atoms with E-state index in [2.05, 4.69) is 84.4 Å². The van der Waals surface area contributed by atoms with Gasteiger partial charge in [-0.25, -0.2) is 0 Å². The van der Waals surface area contributed by atoms with Crippen LogP contribution in [0.3, 0.4) is 0 Å². The van der Waals surface area contributed by atoms with Crippen molar-refractivity contribution in [2.45, 2.75) is 58.2 Å². The fourth-order valence-corrected chi connectivity index (χ4v) is 7.62. The summed E-state index contributed by atoms with van der Waals surface area (Å²) < 4.78 is 8.09. The number of nitrogens with zero attached hydrogens (tertiary/aromatic N) is 4. The highest BCUT2D eigenvalue weighted by molar-refractivity contribution is 6.79. The maximum absolute atomic E-state index is 11.4. The highest BCUT2D eigenvalue weighted by atomic mass is 28.3. The van der Waals surface area contributed by atoms with Crippen LogP contribution in [0.25, 0.3) is 21.9 Å². The quantitative estimate of drug-likeness (QED) is 0.202. The average Bonchev–Trinajstić information content (AvgIpc) is 3.52. The molecule has 4 aromatic rings. The highest BCUT2D eigenvalue weighted by Crippen LogP contribution is 2.40. The summed E-state index contributed by atoms with van der Waals surface area (Å²) in [6.07, 6.45) is 5.71. The van der Waals surface area contributed by atoms with Crippen molar-refractivity contribution in [1.82, 2.24) is 9.13 Å². The number of nitriles is 1. The van der Waals surface area contributed by atoms with Gasteiger partial charge in [0.15, 0.2) is 14.0 Å². The third-order valence-corrected chi connectivity index (χ3v) is 14.3. The number of hydrogen-bond donors (Lipinski definition) is 1. The predicted molar refractivity (Wildman–Crippen MR) is 166 cm³/mol. The van der Waals surface area contributed by atoms with E-state index in [1.807, 2.05) is 12.1 Å². The van der Waals surface area contributed by atoms with Gasteiger partial charge in [0.1, 0.15) is 5.58 Å². The van der Waals surface area contributed by atoms with Crippen LogP contribution in [0.15, 0.2) is 53.1 Å². The van der Waals surface area contributed by atoms with Gasteiger partial charge >= 0.3 is 0 Å². The monoisotopic (exact) mass is 555 g/mol. The van der Waals surface area contributed by atoms with Gasteiger partial charge in [-0.05, 0) is 85.1 Å². The Morgan fingerprint density at radius 3 is 2.48 bits per heavy atom. The van der Waals surface area contributed by atoms with Crippen molar-refractivity contribution in [3.63, 3.8) is 0 Å². The second-order valence-electron chi connectivity index (χ2n) is 12.7. The first-order chi connectivity index (χ1) is 19.0. The van der Waals surface area contributed by atoms with Crippen LogP contribution in [0.5, 0.6) is 0 Å². The van der Waals surface area contributed by atoms with Crippen LogP contribution in [0.2, 0.25) is 18.1 Å². The highest BCUT2D eigenvalue weighted by Gasteiger charge is 2.38. The van der Waals surface area contributed by atoms with E-state index in [0.29, 0.717) is 5.58 Å². The summed E-state index contributed by atoms with van der Waals surface area (Å²) in [4.78, 5) is 16.4. The van der Waals surface area contributed by atoms with Crippen LogP contribution < -0.4 is 10.6 Å². The molecule has 40 heavy (non-hydrogen) atoms. The molecule has 210 valence electrons. The zero-order chi connectivity index (χ0) is 28.7. The Morgan fingerprint density at radius 1 is 1.05 bits per heavy atom. The van der Waals surface area contributed by atoms with Crippen molar-refractivity contribution in [2.24, 2.45) is 5.73 Å². The first-order valence-electron chi connectivity index (χ1n) is 14.3. The van der Waals surface area contributed by atoms with Gasteiger partial charge in [0.05, 0.1) is 11.6 Å². The summed E-state index contributed by atoms with van der Waals surface area (Å²) in [6.45, 7) is 17.1. The smallest absolute Gasteiger partial charge is 0.284 e. The number of furan rings is 1. The number of anilines is 1. The fourth-order valence-electron chi connectivity index (χ4n) is 5.62. The van der Waals surface area contributed by atoms with Gasteiger partial charge in [0.2, 0.25) is 0 Å². The second-order valence-corrected chi connectivity index (χ2v) is 17.8. The largest absolute Gasteiger partial charge is 0.451 e. The Balaban J connectivity index is 1.18. The van der Waals surface area contributed by atoms with Crippen molar-refractivity contribution in [1.29, 1.82) is 5.26 Å². The van der Waals surface area contributed by atoms with Crippen molar-refractivity contribution in [2.75, 3.05) is 37.6 Å². The van der Waals surface area contributed by atoms with Gasteiger partial charge in [-0.1, -0.05) is 33.9 Å². The summed E-state index contributed by atoms with van der Waals surface area (Å²) in [7, 11) is -1.79. The number of carbonyl (C=O) groups excluding carboxylic acids is 1. The van der Waals surface area contributed by atoms with E-state index in [0.717, 1.165) is 68.6 Å². The molecule has 1 aliphatic rings. The van der Waals surface area contributed by atoms with Crippen LogP contribution in [-0.4, -0.2) is 56.0 Å². The zero-order valence-electron chi connectivity index (χ0n) is 24.5. The maximum atomic E-state index is 11.4. The topological polar surface area (TPSA) is 91.4 Å². The van der Waals surface area contributed by atoms with E-state index in [4.69, 9.17) is 10.2 Å². The lowest BCUT2D eigenvalue weighted by molar-refractivity contribution is 0.0976. The van der Waals surface area contributed by atoms with Gasteiger partial charge in [-0.15, -0.1) is 0 Å². The van der Waals surface area contributed by atoms with Crippen LogP contribution in [-0.2, 0) is 6.42 Å². The van der Waals surface area contributed by atoms with E-state index in [-0.39, 0.29) is 10.8 Å². The molecule has 1 aliphatic heterocycles. The molecule has 0 spiro atoms. The number of amides is 1. The van der Waals surface area contributed by atoms with Crippen molar-refractivity contribution < 1.29 is 9.21 Å². The van der Waals surface area contributed by atoms with E-state index in [1.165, 1.54) is 16.5 Å². The van der Waals surface area contributed by atoms with Crippen LogP contribution in [0.4, 0.5) is 5.69 Å². The molecule has 0 unspecified atom stereocenters. The molecule has 1 amide bonds. The summed E-state index contributed by atoms with van der Waals surface area (Å²) in [5, 5.41) is 11.9. The number of piperazine rings is 1. The van der Waals surface area contributed by atoms with Crippen LogP contribution in [0, 0.1) is 11.3 Å². The lowest BCUT2D eigenvalue weighted by Crippen LogP contribution is -2.46. The van der Waals surface area contributed by atoms with E-state index in [1.54, 1.807) is 6.07 Å². The second kappa shape index (κ2) is 10.8. The number of aromatic nitrogens is 1.